The lowest BCUT2D eigenvalue weighted by Crippen LogP contribution is -2.40. The maximum absolute atomic E-state index is 13.0. The summed E-state index contributed by atoms with van der Waals surface area (Å²) in [5.74, 6) is 1.01. The van der Waals surface area contributed by atoms with Crippen molar-refractivity contribution in [2.75, 3.05) is 33.4 Å². The van der Waals surface area contributed by atoms with E-state index in [0.29, 0.717) is 26.3 Å². The average molecular weight is 392 g/mol. The Morgan fingerprint density at radius 3 is 2.55 bits per heavy atom. The number of carbonyl (C=O) groups is 1. The van der Waals surface area contributed by atoms with Crippen LogP contribution in [0.4, 0.5) is 0 Å². The molecule has 1 amide bonds. The molecule has 152 valence electrons. The highest BCUT2D eigenvalue weighted by molar-refractivity contribution is 6.07. The number of carbonyl (C=O) groups excluding carboxylic acids is 1. The van der Waals surface area contributed by atoms with Crippen molar-refractivity contribution >= 4 is 16.8 Å². The van der Waals surface area contributed by atoms with Crippen LogP contribution < -0.4 is 4.74 Å². The molecular formula is C24H28N2O3. The predicted molar refractivity (Wildman–Crippen MR) is 115 cm³/mol. The number of hydrogen-bond donors (Lipinski definition) is 0. The molecule has 2 aromatic carbocycles. The van der Waals surface area contributed by atoms with Crippen molar-refractivity contribution in [2.45, 2.75) is 25.8 Å². The molecule has 3 aromatic rings. The third-order valence-corrected chi connectivity index (χ3v) is 5.59. The Labute approximate surface area is 171 Å². The van der Waals surface area contributed by atoms with Gasteiger partial charge < -0.3 is 18.9 Å². The number of para-hydroxylation sites is 1. The van der Waals surface area contributed by atoms with Gasteiger partial charge in [-0.1, -0.05) is 30.3 Å². The Kier molecular flexibility index (Phi) is 6.15. The summed E-state index contributed by atoms with van der Waals surface area (Å²) >= 11 is 0. The van der Waals surface area contributed by atoms with Gasteiger partial charge in [0.25, 0.3) is 5.91 Å². The van der Waals surface area contributed by atoms with Crippen molar-refractivity contribution in [1.82, 2.24) is 9.47 Å². The first-order chi connectivity index (χ1) is 14.3. The average Bonchev–Trinajstić information content (AvgIpc) is 3.16. The van der Waals surface area contributed by atoms with E-state index in [-0.39, 0.29) is 5.91 Å². The number of morpholine rings is 1. The molecule has 4 rings (SSSR count). The van der Waals surface area contributed by atoms with E-state index in [2.05, 4.69) is 28.8 Å². The summed E-state index contributed by atoms with van der Waals surface area (Å²) < 4.78 is 12.8. The Bertz CT molecular complexity index is 956. The Balaban J connectivity index is 1.42. The van der Waals surface area contributed by atoms with E-state index in [1.807, 2.05) is 35.4 Å². The maximum atomic E-state index is 13.0. The maximum Gasteiger partial charge on any atom is 0.256 e. The zero-order chi connectivity index (χ0) is 20.1. The number of ether oxygens (including phenoxy) is 2. The molecule has 0 radical (unpaired) electrons. The molecule has 0 aliphatic carbocycles. The monoisotopic (exact) mass is 392 g/mol. The molecule has 1 saturated heterocycles. The summed E-state index contributed by atoms with van der Waals surface area (Å²) in [5.41, 5.74) is 3.26. The van der Waals surface area contributed by atoms with Crippen LogP contribution in [0.2, 0.25) is 0 Å². The number of methoxy groups -OCH3 is 1. The third-order valence-electron chi connectivity index (χ3n) is 5.59. The molecule has 1 aromatic heterocycles. The van der Waals surface area contributed by atoms with E-state index in [1.54, 1.807) is 7.11 Å². The highest BCUT2D eigenvalue weighted by atomic mass is 16.5. The second-order valence-electron chi connectivity index (χ2n) is 7.46. The van der Waals surface area contributed by atoms with Crippen molar-refractivity contribution in [3.63, 3.8) is 0 Å². The zero-order valence-electron chi connectivity index (χ0n) is 17.0. The van der Waals surface area contributed by atoms with E-state index in [4.69, 9.17) is 9.47 Å². The van der Waals surface area contributed by atoms with Crippen LogP contribution in [0.5, 0.6) is 5.75 Å². The van der Waals surface area contributed by atoms with Gasteiger partial charge in [-0.25, -0.2) is 0 Å². The lowest BCUT2D eigenvalue weighted by Gasteiger charge is -2.26. The van der Waals surface area contributed by atoms with Crippen LogP contribution in [-0.2, 0) is 17.7 Å². The van der Waals surface area contributed by atoms with E-state index >= 15 is 0 Å². The van der Waals surface area contributed by atoms with Gasteiger partial charge in [-0.05, 0) is 43.0 Å². The minimum atomic E-state index is 0.112. The molecular weight excluding hydrogens is 364 g/mol. The Morgan fingerprint density at radius 2 is 1.79 bits per heavy atom. The van der Waals surface area contributed by atoms with Gasteiger partial charge in [0, 0.05) is 36.7 Å². The summed E-state index contributed by atoms with van der Waals surface area (Å²) in [6.07, 6.45) is 5.25. The topological polar surface area (TPSA) is 43.7 Å². The van der Waals surface area contributed by atoms with Crippen LogP contribution >= 0.6 is 0 Å². The molecule has 0 saturated carbocycles. The van der Waals surface area contributed by atoms with Crippen LogP contribution in [-0.4, -0.2) is 48.8 Å². The largest absolute Gasteiger partial charge is 0.497 e. The quantitative estimate of drug-likeness (QED) is 0.568. The number of aryl methyl sites for hydroxylation is 2. The molecule has 0 atom stereocenters. The SMILES string of the molecule is COc1ccc(CCCCn2cc(C(=O)N3CCOCC3)c3ccccc32)cc1. The number of nitrogens with zero attached hydrogens (tertiary/aromatic N) is 2. The standard InChI is InChI=1S/C24H28N2O3/c1-28-20-11-9-19(10-12-20)6-4-5-13-26-18-22(21-7-2-3-8-23(21)26)24(27)25-14-16-29-17-15-25/h2-3,7-12,18H,4-6,13-17H2,1H3. The van der Waals surface area contributed by atoms with Crippen LogP contribution in [0.25, 0.3) is 10.9 Å². The number of fused-ring (bicyclic) bond motifs is 1. The van der Waals surface area contributed by atoms with Crippen molar-refractivity contribution < 1.29 is 14.3 Å². The second kappa shape index (κ2) is 9.14. The molecule has 0 unspecified atom stereocenters. The first-order valence-corrected chi connectivity index (χ1v) is 10.3. The van der Waals surface area contributed by atoms with Gasteiger partial charge in [-0.3, -0.25) is 4.79 Å². The van der Waals surface area contributed by atoms with Crippen molar-refractivity contribution in [3.05, 3.63) is 65.9 Å². The zero-order valence-corrected chi connectivity index (χ0v) is 17.0. The van der Waals surface area contributed by atoms with Gasteiger partial charge in [0.15, 0.2) is 0 Å². The minimum Gasteiger partial charge on any atom is -0.497 e. The predicted octanol–water partition coefficient (Wildman–Crippen LogP) is 4.15. The van der Waals surface area contributed by atoms with Gasteiger partial charge in [0.1, 0.15) is 5.75 Å². The Hall–Kier alpha value is -2.79. The fourth-order valence-electron chi connectivity index (χ4n) is 3.94. The van der Waals surface area contributed by atoms with E-state index in [0.717, 1.165) is 48.0 Å². The van der Waals surface area contributed by atoms with Crippen LogP contribution in [0.1, 0.15) is 28.8 Å². The molecule has 5 heteroatoms. The molecule has 0 N–H and O–H groups in total. The summed E-state index contributed by atoms with van der Waals surface area (Å²) in [6, 6.07) is 16.5. The van der Waals surface area contributed by atoms with Gasteiger partial charge in [-0.15, -0.1) is 0 Å². The molecule has 5 nitrogen and oxygen atoms in total. The van der Waals surface area contributed by atoms with Crippen molar-refractivity contribution in [1.29, 1.82) is 0 Å². The van der Waals surface area contributed by atoms with Crippen LogP contribution in [0, 0.1) is 0 Å². The van der Waals surface area contributed by atoms with Crippen molar-refractivity contribution in [2.24, 2.45) is 0 Å². The number of unbranched alkanes of at least 4 members (excludes halogenated alkanes) is 1. The number of amides is 1. The molecule has 1 aliphatic rings. The van der Waals surface area contributed by atoms with E-state index in [9.17, 15) is 4.79 Å². The first kappa shape index (κ1) is 19.5. The van der Waals surface area contributed by atoms with Crippen LogP contribution in [0.15, 0.2) is 54.7 Å². The highest BCUT2D eigenvalue weighted by Gasteiger charge is 2.22. The number of aromatic nitrogens is 1. The summed E-state index contributed by atoms with van der Waals surface area (Å²) in [4.78, 5) is 14.9. The van der Waals surface area contributed by atoms with E-state index in [1.165, 1.54) is 5.56 Å². The van der Waals surface area contributed by atoms with Crippen LogP contribution in [0.3, 0.4) is 0 Å². The third kappa shape index (κ3) is 4.46. The van der Waals surface area contributed by atoms with Crippen molar-refractivity contribution in [3.8, 4) is 5.75 Å². The second-order valence-corrected chi connectivity index (χ2v) is 7.46. The lowest BCUT2D eigenvalue weighted by atomic mass is 10.1. The molecule has 1 fully saturated rings. The number of rotatable bonds is 7. The first-order valence-electron chi connectivity index (χ1n) is 10.3. The van der Waals surface area contributed by atoms with Gasteiger partial charge in [0.05, 0.1) is 25.9 Å². The smallest absolute Gasteiger partial charge is 0.256 e. The number of hydrogen-bond acceptors (Lipinski definition) is 3. The molecule has 0 bridgehead atoms. The van der Waals surface area contributed by atoms with E-state index < -0.39 is 0 Å². The molecule has 2 heterocycles. The Morgan fingerprint density at radius 1 is 1.03 bits per heavy atom. The molecule has 1 aliphatic heterocycles. The number of benzene rings is 2. The highest BCUT2D eigenvalue weighted by Crippen LogP contribution is 2.24. The summed E-state index contributed by atoms with van der Waals surface area (Å²) in [5, 5.41) is 1.04. The molecule has 0 spiro atoms. The minimum absolute atomic E-state index is 0.112. The summed E-state index contributed by atoms with van der Waals surface area (Å²) in [6.45, 7) is 3.49. The fraction of sp³-hybridized carbons (Fsp3) is 0.375. The normalized spacial score (nSPS) is 14.3. The summed E-state index contributed by atoms with van der Waals surface area (Å²) in [7, 11) is 1.69. The van der Waals surface area contributed by atoms with Gasteiger partial charge >= 0.3 is 0 Å². The van der Waals surface area contributed by atoms with Gasteiger partial charge in [-0.2, -0.15) is 0 Å². The fourth-order valence-corrected chi connectivity index (χ4v) is 3.94. The van der Waals surface area contributed by atoms with Gasteiger partial charge in [0.2, 0.25) is 0 Å². The molecule has 29 heavy (non-hydrogen) atoms. The lowest BCUT2D eigenvalue weighted by molar-refractivity contribution is 0.0304.